The van der Waals surface area contributed by atoms with Crippen molar-refractivity contribution in [3.63, 3.8) is 0 Å². The number of amides is 1. The molecule has 4 nitrogen and oxygen atoms in total. The molecular formula is C14H16N2O2S. The van der Waals surface area contributed by atoms with Crippen LogP contribution >= 0.6 is 11.3 Å². The first-order valence-electron chi connectivity index (χ1n) is 6.40. The van der Waals surface area contributed by atoms with Gasteiger partial charge in [0.15, 0.2) is 0 Å². The van der Waals surface area contributed by atoms with Gasteiger partial charge < -0.3 is 15.7 Å². The molecule has 0 unspecified atom stereocenters. The van der Waals surface area contributed by atoms with Crippen LogP contribution in [0.15, 0.2) is 24.3 Å². The van der Waals surface area contributed by atoms with E-state index in [0.717, 1.165) is 34.3 Å². The Morgan fingerprint density at radius 2 is 2.32 bits per heavy atom. The summed E-state index contributed by atoms with van der Waals surface area (Å²) in [7, 11) is 0. The van der Waals surface area contributed by atoms with Crippen molar-refractivity contribution in [3.05, 3.63) is 29.1 Å². The molecule has 1 saturated heterocycles. The molecular weight excluding hydrogens is 260 g/mol. The number of likely N-dealkylation sites (tertiary alicyclic amines) is 1. The molecule has 2 heterocycles. The van der Waals surface area contributed by atoms with Crippen molar-refractivity contribution in [1.82, 2.24) is 4.90 Å². The molecule has 5 heteroatoms. The topological polar surface area (TPSA) is 66.6 Å². The Bertz CT molecular complexity index is 623. The summed E-state index contributed by atoms with van der Waals surface area (Å²) in [5, 5.41) is 10.3. The minimum Gasteiger partial charge on any atom is -0.399 e. The van der Waals surface area contributed by atoms with Crippen molar-refractivity contribution in [1.29, 1.82) is 0 Å². The van der Waals surface area contributed by atoms with Crippen LogP contribution < -0.4 is 5.73 Å². The highest BCUT2D eigenvalue weighted by molar-refractivity contribution is 7.20. The number of thiophene rings is 1. The minimum absolute atomic E-state index is 0.0244. The Morgan fingerprint density at radius 3 is 3.11 bits per heavy atom. The van der Waals surface area contributed by atoms with Gasteiger partial charge in [-0.2, -0.15) is 0 Å². The summed E-state index contributed by atoms with van der Waals surface area (Å²) in [5.41, 5.74) is 6.46. The molecule has 1 amide bonds. The average Bonchev–Trinajstić information content (AvgIpc) is 3.03. The number of aliphatic hydroxyl groups excluding tert-OH is 1. The van der Waals surface area contributed by atoms with Gasteiger partial charge in [-0.15, -0.1) is 11.3 Å². The van der Waals surface area contributed by atoms with E-state index in [1.54, 1.807) is 4.90 Å². The van der Waals surface area contributed by atoms with E-state index in [4.69, 9.17) is 5.73 Å². The maximum atomic E-state index is 12.5. The van der Waals surface area contributed by atoms with Crippen LogP contribution in [0.25, 0.3) is 10.1 Å². The first kappa shape index (κ1) is 12.4. The van der Waals surface area contributed by atoms with E-state index in [0.29, 0.717) is 5.69 Å². The molecule has 1 aliphatic heterocycles. The highest BCUT2D eigenvalue weighted by Crippen LogP contribution is 2.30. The van der Waals surface area contributed by atoms with Gasteiger partial charge in [0.25, 0.3) is 5.91 Å². The third kappa shape index (κ3) is 2.19. The summed E-state index contributed by atoms with van der Waals surface area (Å²) >= 11 is 1.49. The second-order valence-corrected chi connectivity index (χ2v) is 5.97. The molecule has 0 aliphatic carbocycles. The molecule has 1 aromatic heterocycles. The Balaban J connectivity index is 1.93. The maximum Gasteiger partial charge on any atom is 0.264 e. The lowest BCUT2D eigenvalue weighted by Crippen LogP contribution is -2.37. The lowest BCUT2D eigenvalue weighted by Gasteiger charge is -2.22. The number of hydrogen-bond acceptors (Lipinski definition) is 4. The van der Waals surface area contributed by atoms with Crippen molar-refractivity contribution >= 4 is 33.0 Å². The average molecular weight is 276 g/mol. The lowest BCUT2D eigenvalue weighted by molar-refractivity contribution is 0.0682. The standard InChI is InChI=1S/C14H16N2O2S/c15-10-3-4-12-9(6-10)7-13(19-12)14(18)16-5-1-2-11(16)8-17/h3-4,6-7,11,17H,1-2,5,8,15H2/t11-/m0/s1. The Morgan fingerprint density at radius 1 is 1.47 bits per heavy atom. The van der Waals surface area contributed by atoms with Crippen LogP contribution in [0.5, 0.6) is 0 Å². The number of benzene rings is 1. The van der Waals surface area contributed by atoms with Crippen LogP contribution in [0.1, 0.15) is 22.5 Å². The van der Waals surface area contributed by atoms with E-state index in [1.807, 2.05) is 24.3 Å². The zero-order valence-electron chi connectivity index (χ0n) is 10.5. The fraction of sp³-hybridized carbons (Fsp3) is 0.357. The quantitative estimate of drug-likeness (QED) is 0.825. The predicted molar refractivity (Wildman–Crippen MR) is 77.4 cm³/mol. The van der Waals surface area contributed by atoms with Gasteiger partial charge in [-0.05, 0) is 42.5 Å². The van der Waals surface area contributed by atoms with E-state index in [9.17, 15) is 9.90 Å². The summed E-state index contributed by atoms with van der Waals surface area (Å²) in [6.45, 7) is 0.782. The molecule has 1 atom stereocenters. The van der Waals surface area contributed by atoms with Crippen molar-refractivity contribution in [2.45, 2.75) is 18.9 Å². The maximum absolute atomic E-state index is 12.5. The van der Waals surface area contributed by atoms with Gasteiger partial charge >= 0.3 is 0 Å². The number of rotatable bonds is 2. The van der Waals surface area contributed by atoms with Crippen molar-refractivity contribution in [2.75, 3.05) is 18.9 Å². The van der Waals surface area contributed by atoms with Gasteiger partial charge in [0.2, 0.25) is 0 Å². The molecule has 0 bridgehead atoms. The van der Waals surface area contributed by atoms with Gasteiger partial charge in [0.1, 0.15) is 0 Å². The Kier molecular flexibility index (Phi) is 3.16. The van der Waals surface area contributed by atoms with Crippen molar-refractivity contribution < 1.29 is 9.90 Å². The van der Waals surface area contributed by atoms with E-state index in [1.165, 1.54) is 11.3 Å². The second kappa shape index (κ2) is 4.83. The van der Waals surface area contributed by atoms with Crippen molar-refractivity contribution in [2.24, 2.45) is 0 Å². The monoisotopic (exact) mass is 276 g/mol. The zero-order chi connectivity index (χ0) is 13.4. The van der Waals surface area contributed by atoms with E-state index >= 15 is 0 Å². The highest BCUT2D eigenvalue weighted by atomic mass is 32.1. The molecule has 2 aromatic rings. The lowest BCUT2D eigenvalue weighted by atomic mass is 10.2. The molecule has 3 rings (SSSR count). The Labute approximate surface area is 115 Å². The van der Waals surface area contributed by atoms with Crippen LogP contribution in [0.4, 0.5) is 5.69 Å². The number of carbonyl (C=O) groups excluding carboxylic acids is 1. The van der Waals surface area contributed by atoms with Crippen LogP contribution in [0, 0.1) is 0 Å². The molecule has 0 spiro atoms. The van der Waals surface area contributed by atoms with Gasteiger partial charge in [0, 0.05) is 16.9 Å². The molecule has 1 fully saturated rings. The summed E-state index contributed by atoms with van der Waals surface area (Å²) in [4.78, 5) is 15.0. The smallest absolute Gasteiger partial charge is 0.264 e. The number of anilines is 1. The minimum atomic E-state index is -0.0252. The number of nitrogen functional groups attached to an aromatic ring is 1. The van der Waals surface area contributed by atoms with E-state index in [-0.39, 0.29) is 18.6 Å². The number of fused-ring (bicyclic) bond motifs is 1. The van der Waals surface area contributed by atoms with Crippen molar-refractivity contribution in [3.8, 4) is 0 Å². The van der Waals surface area contributed by atoms with Crippen LogP contribution in [-0.4, -0.2) is 35.1 Å². The van der Waals surface area contributed by atoms with Gasteiger partial charge in [-0.3, -0.25) is 4.79 Å². The second-order valence-electron chi connectivity index (χ2n) is 4.89. The molecule has 0 radical (unpaired) electrons. The van der Waals surface area contributed by atoms with Crippen LogP contribution in [0.2, 0.25) is 0 Å². The molecule has 1 aromatic carbocycles. The molecule has 19 heavy (non-hydrogen) atoms. The number of aliphatic hydroxyl groups is 1. The zero-order valence-corrected chi connectivity index (χ0v) is 11.3. The van der Waals surface area contributed by atoms with Crippen LogP contribution in [-0.2, 0) is 0 Å². The van der Waals surface area contributed by atoms with Gasteiger partial charge in [0.05, 0.1) is 17.5 Å². The summed E-state index contributed by atoms with van der Waals surface area (Å²) < 4.78 is 1.07. The molecule has 100 valence electrons. The number of nitrogens with zero attached hydrogens (tertiary/aromatic N) is 1. The SMILES string of the molecule is Nc1ccc2sc(C(=O)N3CCC[C@H]3CO)cc2c1. The Hall–Kier alpha value is -1.59. The number of carbonyl (C=O) groups is 1. The summed E-state index contributed by atoms with van der Waals surface area (Å²) in [5.74, 6) is 0.0244. The van der Waals surface area contributed by atoms with Gasteiger partial charge in [-0.1, -0.05) is 0 Å². The highest BCUT2D eigenvalue weighted by Gasteiger charge is 2.29. The third-order valence-electron chi connectivity index (χ3n) is 3.60. The summed E-state index contributed by atoms with van der Waals surface area (Å²) in [6.07, 6.45) is 1.86. The largest absolute Gasteiger partial charge is 0.399 e. The van der Waals surface area contributed by atoms with Crippen LogP contribution in [0.3, 0.4) is 0 Å². The fourth-order valence-corrected chi connectivity index (χ4v) is 3.60. The first-order valence-corrected chi connectivity index (χ1v) is 7.21. The van der Waals surface area contributed by atoms with E-state index in [2.05, 4.69) is 0 Å². The third-order valence-corrected chi connectivity index (χ3v) is 4.70. The van der Waals surface area contributed by atoms with E-state index < -0.39 is 0 Å². The fourth-order valence-electron chi connectivity index (χ4n) is 2.60. The molecule has 1 aliphatic rings. The molecule has 0 saturated carbocycles. The normalized spacial score (nSPS) is 19.2. The number of nitrogens with two attached hydrogens (primary N) is 1. The summed E-state index contributed by atoms with van der Waals surface area (Å²) in [6, 6.07) is 7.54. The van der Waals surface area contributed by atoms with Gasteiger partial charge in [-0.25, -0.2) is 0 Å². The number of hydrogen-bond donors (Lipinski definition) is 2. The molecule has 3 N–H and O–H groups in total. The predicted octanol–water partition coefficient (Wildman–Crippen LogP) is 2.08. The first-order chi connectivity index (χ1) is 9.19.